The van der Waals surface area contributed by atoms with Gasteiger partial charge in [0.05, 0.1) is 0 Å². The Hall–Kier alpha value is 0.130. The largest absolute Gasteiger partial charge is 0.153 e. The maximum absolute atomic E-state index is 3.61. The van der Waals surface area contributed by atoms with Crippen molar-refractivity contribution in [3.8, 4) is 0 Å². The van der Waals surface area contributed by atoms with Crippen molar-refractivity contribution in [2.75, 3.05) is 0 Å². The van der Waals surface area contributed by atoms with E-state index in [1.807, 2.05) is 0 Å². The Morgan fingerprint density at radius 1 is 0.929 bits per heavy atom. The van der Waals surface area contributed by atoms with Crippen LogP contribution in [0, 0.1) is 0 Å². The van der Waals surface area contributed by atoms with Crippen molar-refractivity contribution in [1.29, 1.82) is 0 Å². The van der Waals surface area contributed by atoms with Gasteiger partial charge in [-0.2, -0.15) is 9.90 Å². The first-order chi connectivity index (χ1) is 6.24. The highest BCUT2D eigenvalue weighted by molar-refractivity contribution is 9.10. The van der Waals surface area contributed by atoms with Crippen LogP contribution in [0.3, 0.4) is 0 Å². The number of hydrogen-bond acceptors (Lipinski definition) is 0. The maximum atomic E-state index is 3.61. The van der Waals surface area contributed by atoms with Crippen molar-refractivity contribution in [3.63, 3.8) is 0 Å². The molecule has 1 aromatic carbocycles. The normalized spacial score (nSPS) is 9.71. The fourth-order valence-electron chi connectivity index (χ4n) is 1.87. The minimum Gasteiger partial charge on any atom is -0.153 e. The fraction of sp³-hybridized carbons (Fsp3) is 0.500. The quantitative estimate of drug-likeness (QED) is 0.725. The molecule has 0 saturated carbocycles. The minimum atomic E-state index is 0. The lowest BCUT2D eigenvalue weighted by Crippen LogP contribution is -1.98. The van der Waals surface area contributed by atoms with Gasteiger partial charge in [0, 0.05) is 4.47 Å². The number of aryl methyl sites for hydroxylation is 1. The third-order valence-corrected chi connectivity index (χ3v) is 3.30. The first-order valence-electron chi connectivity index (χ1n) is 5.03. The summed E-state index contributed by atoms with van der Waals surface area (Å²) in [6.45, 7) is 6.68. The van der Waals surface area contributed by atoms with Gasteiger partial charge in [-0.3, -0.25) is 0 Å². The summed E-state index contributed by atoms with van der Waals surface area (Å²) in [5, 5.41) is 0. The molecule has 0 bridgehead atoms. The summed E-state index contributed by atoms with van der Waals surface area (Å²) in [6, 6.07) is 4.42. The van der Waals surface area contributed by atoms with E-state index in [0.29, 0.717) is 0 Å². The van der Waals surface area contributed by atoms with Crippen molar-refractivity contribution in [1.82, 2.24) is 0 Å². The zero-order valence-corrected chi connectivity index (χ0v) is 12.4. The summed E-state index contributed by atoms with van der Waals surface area (Å²) in [5.41, 5.74) is 4.53. The van der Waals surface area contributed by atoms with Crippen LogP contribution >= 0.6 is 25.8 Å². The first kappa shape index (κ1) is 14.1. The Morgan fingerprint density at radius 2 is 1.50 bits per heavy atom. The highest BCUT2D eigenvalue weighted by atomic mass is 79.9. The molecule has 0 heterocycles. The van der Waals surface area contributed by atoms with Gasteiger partial charge in [-0.05, 0) is 42.0 Å². The van der Waals surface area contributed by atoms with Gasteiger partial charge in [-0.15, -0.1) is 0 Å². The molecule has 2 heteroatoms. The number of rotatable bonds is 3. The highest BCUT2D eigenvalue weighted by Crippen LogP contribution is 2.25. The van der Waals surface area contributed by atoms with Crippen molar-refractivity contribution in [3.05, 3.63) is 33.3 Å². The zero-order chi connectivity index (χ0) is 9.84. The standard InChI is InChI=1S/C12H17Br.H3P/c1-4-9-7-8-12(13)11(6-3)10(9)5-2;/h7-8H,4-6H2,1-3H3;1H3. The van der Waals surface area contributed by atoms with Crippen LogP contribution in [0.5, 0.6) is 0 Å². The summed E-state index contributed by atoms with van der Waals surface area (Å²) in [7, 11) is 0. The lowest BCUT2D eigenvalue weighted by atomic mass is 9.96. The molecule has 0 N–H and O–H groups in total. The monoisotopic (exact) mass is 274 g/mol. The Kier molecular flexibility index (Phi) is 6.64. The fourth-order valence-corrected chi connectivity index (χ4v) is 2.52. The predicted octanol–water partition coefficient (Wildman–Crippen LogP) is 4.19. The van der Waals surface area contributed by atoms with Crippen LogP contribution in [0.25, 0.3) is 0 Å². The number of halogens is 1. The Morgan fingerprint density at radius 3 is 1.93 bits per heavy atom. The SMILES string of the molecule is CCc1ccc(Br)c(CC)c1CC.P. The van der Waals surface area contributed by atoms with Crippen molar-refractivity contribution >= 4 is 25.8 Å². The second-order valence-corrected chi connectivity index (χ2v) is 4.08. The molecule has 0 aromatic heterocycles. The van der Waals surface area contributed by atoms with Crippen LogP contribution < -0.4 is 0 Å². The van der Waals surface area contributed by atoms with Crippen LogP contribution in [0.1, 0.15) is 37.5 Å². The molecule has 0 aliphatic heterocycles. The van der Waals surface area contributed by atoms with Crippen molar-refractivity contribution in [2.45, 2.75) is 40.0 Å². The highest BCUT2D eigenvalue weighted by Gasteiger charge is 2.07. The van der Waals surface area contributed by atoms with Crippen LogP contribution in [0.4, 0.5) is 0 Å². The molecule has 0 nitrogen and oxygen atoms in total. The molecule has 0 radical (unpaired) electrons. The molecule has 1 unspecified atom stereocenters. The average molecular weight is 275 g/mol. The van der Waals surface area contributed by atoms with E-state index >= 15 is 0 Å². The Labute approximate surface area is 99.2 Å². The lowest BCUT2D eigenvalue weighted by molar-refractivity contribution is 0.975. The molecular formula is C12H20BrP. The first-order valence-corrected chi connectivity index (χ1v) is 5.82. The summed E-state index contributed by atoms with van der Waals surface area (Å²) < 4.78 is 1.27. The second-order valence-electron chi connectivity index (χ2n) is 3.22. The van der Waals surface area contributed by atoms with Crippen LogP contribution in [0.2, 0.25) is 0 Å². The molecule has 80 valence electrons. The van der Waals surface area contributed by atoms with Gasteiger partial charge < -0.3 is 0 Å². The molecule has 0 amide bonds. The molecule has 0 aliphatic rings. The molecule has 0 aliphatic carbocycles. The predicted molar refractivity (Wildman–Crippen MR) is 73.4 cm³/mol. The van der Waals surface area contributed by atoms with Gasteiger partial charge in [-0.25, -0.2) is 0 Å². The van der Waals surface area contributed by atoms with Gasteiger partial charge in [0.15, 0.2) is 0 Å². The van der Waals surface area contributed by atoms with Gasteiger partial charge in [0.2, 0.25) is 0 Å². The van der Waals surface area contributed by atoms with Crippen LogP contribution in [-0.2, 0) is 19.3 Å². The molecule has 1 atom stereocenters. The molecule has 0 fully saturated rings. The van der Waals surface area contributed by atoms with E-state index in [-0.39, 0.29) is 9.90 Å². The summed E-state index contributed by atoms with van der Waals surface area (Å²) in [6.07, 6.45) is 3.41. The van der Waals surface area contributed by atoms with Gasteiger partial charge in [-0.1, -0.05) is 42.8 Å². The van der Waals surface area contributed by atoms with E-state index in [1.54, 1.807) is 5.56 Å². The average Bonchev–Trinajstić information content (AvgIpc) is 2.17. The Balaban J connectivity index is 0.00000169. The zero-order valence-electron chi connectivity index (χ0n) is 9.36. The number of hydrogen-bond donors (Lipinski definition) is 0. The van der Waals surface area contributed by atoms with Gasteiger partial charge in [0.1, 0.15) is 0 Å². The third-order valence-electron chi connectivity index (χ3n) is 2.56. The van der Waals surface area contributed by atoms with Crippen LogP contribution in [-0.4, -0.2) is 0 Å². The van der Waals surface area contributed by atoms with E-state index in [1.165, 1.54) is 15.6 Å². The third kappa shape index (κ3) is 2.81. The summed E-state index contributed by atoms with van der Waals surface area (Å²) in [5.74, 6) is 0. The smallest absolute Gasteiger partial charge is 0.0210 e. The molecular weight excluding hydrogens is 255 g/mol. The van der Waals surface area contributed by atoms with Crippen LogP contribution in [0.15, 0.2) is 16.6 Å². The van der Waals surface area contributed by atoms with Gasteiger partial charge in [0.25, 0.3) is 0 Å². The molecule has 0 spiro atoms. The maximum Gasteiger partial charge on any atom is 0.0210 e. The molecule has 0 saturated heterocycles. The minimum absolute atomic E-state index is 0. The topological polar surface area (TPSA) is 0 Å². The van der Waals surface area contributed by atoms with E-state index < -0.39 is 0 Å². The van der Waals surface area contributed by atoms with Crippen molar-refractivity contribution in [2.24, 2.45) is 0 Å². The lowest BCUT2D eigenvalue weighted by Gasteiger charge is -2.12. The van der Waals surface area contributed by atoms with E-state index in [0.717, 1.165) is 19.3 Å². The van der Waals surface area contributed by atoms with Crippen molar-refractivity contribution < 1.29 is 0 Å². The van der Waals surface area contributed by atoms with E-state index in [4.69, 9.17) is 0 Å². The Bertz CT molecular complexity index is 295. The second kappa shape index (κ2) is 6.58. The molecule has 1 rings (SSSR count). The summed E-state index contributed by atoms with van der Waals surface area (Å²) >= 11 is 3.61. The van der Waals surface area contributed by atoms with Gasteiger partial charge >= 0.3 is 0 Å². The van der Waals surface area contributed by atoms with E-state index in [2.05, 4.69) is 48.8 Å². The summed E-state index contributed by atoms with van der Waals surface area (Å²) in [4.78, 5) is 0. The molecule has 1 aromatic rings. The van der Waals surface area contributed by atoms with E-state index in [9.17, 15) is 0 Å². The molecule has 14 heavy (non-hydrogen) atoms. The number of benzene rings is 1.